The van der Waals surface area contributed by atoms with Crippen LogP contribution in [0.25, 0.3) is 11.1 Å². The zero-order valence-electron chi connectivity index (χ0n) is 18.0. The van der Waals surface area contributed by atoms with E-state index >= 15 is 0 Å². The van der Waals surface area contributed by atoms with Crippen LogP contribution < -0.4 is 15.5 Å². The van der Waals surface area contributed by atoms with Crippen molar-refractivity contribution < 1.29 is 9.18 Å². The summed E-state index contributed by atoms with van der Waals surface area (Å²) in [5.41, 5.74) is 5.38. The van der Waals surface area contributed by atoms with E-state index in [1.807, 2.05) is 24.9 Å². The Balaban J connectivity index is 1.72. The van der Waals surface area contributed by atoms with Crippen molar-refractivity contribution in [2.75, 3.05) is 17.3 Å². The molecule has 0 bridgehead atoms. The summed E-state index contributed by atoms with van der Waals surface area (Å²) in [4.78, 5) is 18.4. The van der Waals surface area contributed by atoms with E-state index in [0.29, 0.717) is 5.82 Å². The number of carbonyl (C=O) groups is 1. The van der Waals surface area contributed by atoms with Crippen molar-refractivity contribution in [3.63, 3.8) is 0 Å². The summed E-state index contributed by atoms with van der Waals surface area (Å²) < 4.78 is 13.3. The second kappa shape index (κ2) is 8.86. The van der Waals surface area contributed by atoms with E-state index < -0.39 is 0 Å². The minimum Gasteiger partial charge on any atom is -0.363 e. The van der Waals surface area contributed by atoms with Gasteiger partial charge in [0.15, 0.2) is 0 Å². The topological polar surface area (TPSA) is 57.3 Å². The monoisotopic (exact) mass is 418 g/mol. The number of carbonyl (C=O) groups excluding carboxylic acids is 1. The van der Waals surface area contributed by atoms with Crippen LogP contribution in [0, 0.1) is 5.82 Å². The van der Waals surface area contributed by atoms with Crippen LogP contribution in [0.2, 0.25) is 0 Å². The van der Waals surface area contributed by atoms with Crippen LogP contribution in [0.3, 0.4) is 0 Å². The van der Waals surface area contributed by atoms with Crippen molar-refractivity contribution >= 4 is 17.4 Å². The molecule has 1 aliphatic heterocycles. The Hall–Kier alpha value is -3.25. The second-order valence-corrected chi connectivity index (χ2v) is 8.03. The molecule has 3 aromatic rings. The SMILES string of the molecule is CNCc1ccc(-c2ccc3c(c2)[C@H](Nc2ccc(F)cn2)C[C@H](C)N3C(C)=O)cc1. The molecule has 0 saturated carbocycles. The molecule has 1 aromatic heterocycles. The molecule has 0 fully saturated rings. The molecule has 6 heteroatoms. The Morgan fingerprint density at radius 1 is 1.13 bits per heavy atom. The zero-order valence-corrected chi connectivity index (χ0v) is 18.0. The van der Waals surface area contributed by atoms with E-state index in [9.17, 15) is 9.18 Å². The molecule has 4 rings (SSSR count). The number of hydrogen-bond donors (Lipinski definition) is 2. The molecule has 2 atom stereocenters. The first-order valence-corrected chi connectivity index (χ1v) is 10.5. The molecule has 0 aliphatic carbocycles. The minimum atomic E-state index is -0.366. The third kappa shape index (κ3) is 4.44. The molecule has 2 aromatic carbocycles. The highest BCUT2D eigenvalue weighted by atomic mass is 19.1. The van der Waals surface area contributed by atoms with Crippen molar-refractivity contribution in [2.24, 2.45) is 0 Å². The van der Waals surface area contributed by atoms with Gasteiger partial charge in [-0.25, -0.2) is 9.37 Å². The van der Waals surface area contributed by atoms with E-state index in [1.54, 1.807) is 13.0 Å². The number of amides is 1. The molecule has 0 radical (unpaired) electrons. The second-order valence-electron chi connectivity index (χ2n) is 8.03. The number of halogens is 1. The molecule has 5 nitrogen and oxygen atoms in total. The largest absolute Gasteiger partial charge is 0.363 e. The minimum absolute atomic E-state index is 0.0243. The number of aromatic nitrogens is 1. The number of nitrogens with zero attached hydrogens (tertiary/aromatic N) is 2. The molecular formula is C25H27FN4O. The van der Waals surface area contributed by atoms with Crippen molar-refractivity contribution in [2.45, 2.75) is 38.9 Å². The smallest absolute Gasteiger partial charge is 0.224 e. The van der Waals surface area contributed by atoms with Gasteiger partial charge in [-0.05, 0) is 66.9 Å². The molecule has 0 spiro atoms. The highest BCUT2D eigenvalue weighted by molar-refractivity contribution is 5.94. The maximum absolute atomic E-state index is 13.3. The summed E-state index contributed by atoms with van der Waals surface area (Å²) in [5.74, 6) is 0.272. The van der Waals surface area contributed by atoms with E-state index in [2.05, 4.69) is 52.0 Å². The molecular weight excluding hydrogens is 391 g/mol. The van der Waals surface area contributed by atoms with Crippen molar-refractivity contribution in [3.8, 4) is 11.1 Å². The van der Waals surface area contributed by atoms with Gasteiger partial charge in [0.05, 0.1) is 12.2 Å². The Kier molecular flexibility index (Phi) is 6.00. The summed E-state index contributed by atoms with van der Waals surface area (Å²) >= 11 is 0. The number of pyridine rings is 1. The number of hydrogen-bond acceptors (Lipinski definition) is 4. The number of nitrogens with one attached hydrogen (secondary N) is 2. The van der Waals surface area contributed by atoms with Gasteiger partial charge >= 0.3 is 0 Å². The van der Waals surface area contributed by atoms with Gasteiger partial charge in [0.1, 0.15) is 11.6 Å². The molecule has 1 aliphatic rings. The fourth-order valence-corrected chi connectivity index (χ4v) is 4.32. The van der Waals surface area contributed by atoms with E-state index in [-0.39, 0.29) is 23.8 Å². The number of rotatable bonds is 5. The molecule has 1 amide bonds. The average Bonchev–Trinajstić information content (AvgIpc) is 2.75. The summed E-state index contributed by atoms with van der Waals surface area (Å²) in [5, 5.41) is 6.60. The highest BCUT2D eigenvalue weighted by Crippen LogP contribution is 2.41. The van der Waals surface area contributed by atoms with Gasteiger partial charge < -0.3 is 15.5 Å². The quantitative estimate of drug-likeness (QED) is 0.618. The lowest BCUT2D eigenvalue weighted by molar-refractivity contribution is -0.117. The Morgan fingerprint density at radius 3 is 2.52 bits per heavy atom. The van der Waals surface area contributed by atoms with E-state index in [1.165, 1.54) is 17.8 Å². The molecule has 2 heterocycles. The van der Waals surface area contributed by atoms with Gasteiger partial charge in [0.2, 0.25) is 5.91 Å². The lowest BCUT2D eigenvalue weighted by Crippen LogP contribution is -2.43. The lowest BCUT2D eigenvalue weighted by atomic mass is 9.89. The molecule has 31 heavy (non-hydrogen) atoms. The number of anilines is 2. The maximum Gasteiger partial charge on any atom is 0.224 e. The lowest BCUT2D eigenvalue weighted by Gasteiger charge is -2.39. The first-order chi connectivity index (χ1) is 15.0. The first kappa shape index (κ1) is 21.0. The van der Waals surface area contributed by atoms with Crippen LogP contribution in [-0.2, 0) is 11.3 Å². The van der Waals surface area contributed by atoms with Gasteiger partial charge in [-0.2, -0.15) is 0 Å². The summed E-state index contributed by atoms with van der Waals surface area (Å²) in [7, 11) is 1.93. The van der Waals surface area contributed by atoms with Crippen LogP contribution in [0.5, 0.6) is 0 Å². The third-order valence-electron chi connectivity index (χ3n) is 5.74. The fourth-order valence-electron chi connectivity index (χ4n) is 4.32. The van der Waals surface area contributed by atoms with Crippen LogP contribution >= 0.6 is 0 Å². The summed E-state index contributed by atoms with van der Waals surface area (Å²) in [6, 6.07) is 17.7. The van der Waals surface area contributed by atoms with Crippen LogP contribution in [0.1, 0.15) is 37.4 Å². The zero-order chi connectivity index (χ0) is 22.0. The van der Waals surface area contributed by atoms with Crippen molar-refractivity contribution in [1.82, 2.24) is 10.3 Å². The predicted molar refractivity (Wildman–Crippen MR) is 122 cm³/mol. The van der Waals surface area contributed by atoms with Crippen LogP contribution in [0.15, 0.2) is 60.8 Å². The predicted octanol–water partition coefficient (Wildman–Crippen LogP) is 4.91. The summed E-state index contributed by atoms with van der Waals surface area (Å²) in [6.45, 7) is 4.47. The molecule has 2 N–H and O–H groups in total. The van der Waals surface area contributed by atoms with Gasteiger partial charge in [0.25, 0.3) is 0 Å². The average molecular weight is 419 g/mol. The van der Waals surface area contributed by atoms with Gasteiger partial charge in [-0.1, -0.05) is 30.3 Å². The molecule has 160 valence electrons. The Bertz CT molecular complexity index is 1070. The maximum atomic E-state index is 13.3. The van der Waals surface area contributed by atoms with Gasteiger partial charge in [0, 0.05) is 25.2 Å². The molecule has 0 saturated heterocycles. The molecule has 0 unspecified atom stereocenters. The Morgan fingerprint density at radius 2 is 1.87 bits per heavy atom. The summed E-state index contributed by atoms with van der Waals surface area (Å²) in [6.07, 6.45) is 1.94. The van der Waals surface area contributed by atoms with Gasteiger partial charge in [-0.15, -0.1) is 0 Å². The first-order valence-electron chi connectivity index (χ1n) is 10.5. The van der Waals surface area contributed by atoms with Gasteiger partial charge in [-0.3, -0.25) is 4.79 Å². The Labute approximate surface area is 182 Å². The fraction of sp³-hybridized carbons (Fsp3) is 0.280. The van der Waals surface area contributed by atoms with Crippen molar-refractivity contribution in [3.05, 3.63) is 77.7 Å². The third-order valence-corrected chi connectivity index (χ3v) is 5.74. The van der Waals surface area contributed by atoms with Crippen LogP contribution in [0.4, 0.5) is 15.9 Å². The van der Waals surface area contributed by atoms with E-state index in [0.717, 1.165) is 35.3 Å². The number of fused-ring (bicyclic) bond motifs is 1. The normalized spacial score (nSPS) is 17.9. The highest BCUT2D eigenvalue weighted by Gasteiger charge is 2.32. The standard InChI is InChI=1S/C25H27FN4O/c1-16-12-23(29-25-11-9-21(26)15-28-25)22-13-20(8-10-24(22)30(16)17(2)31)19-6-4-18(5-7-19)14-27-3/h4-11,13,15-16,23,27H,12,14H2,1-3H3,(H,28,29)/t16-,23+/m0/s1. The van der Waals surface area contributed by atoms with Crippen molar-refractivity contribution in [1.29, 1.82) is 0 Å². The van der Waals surface area contributed by atoms with Crippen LogP contribution in [-0.4, -0.2) is 24.0 Å². The van der Waals surface area contributed by atoms with E-state index in [4.69, 9.17) is 0 Å². The number of benzene rings is 2.